The van der Waals surface area contributed by atoms with Gasteiger partial charge in [-0.15, -0.1) is 0 Å². The number of fused-ring (bicyclic) bond motifs is 1. The molecule has 9 nitrogen and oxygen atoms in total. The van der Waals surface area contributed by atoms with Gasteiger partial charge in [0.05, 0.1) is 38.3 Å². The highest BCUT2D eigenvalue weighted by Crippen LogP contribution is 2.38. The zero-order valence-corrected chi connectivity index (χ0v) is 24.8. The highest BCUT2D eigenvalue weighted by atomic mass is 32.2. The second kappa shape index (κ2) is 13.4. The van der Waals surface area contributed by atoms with Gasteiger partial charge in [0.25, 0.3) is 10.0 Å². The van der Waals surface area contributed by atoms with Gasteiger partial charge in [-0.05, 0) is 48.9 Å². The van der Waals surface area contributed by atoms with Gasteiger partial charge in [0.1, 0.15) is 12.3 Å². The lowest BCUT2D eigenvalue weighted by atomic mass is 10.0. The second-order valence-corrected chi connectivity index (χ2v) is 11.5. The predicted octanol–water partition coefficient (Wildman–Crippen LogP) is 5.17. The lowest BCUT2D eigenvalue weighted by Gasteiger charge is -2.33. The van der Waals surface area contributed by atoms with E-state index in [0.29, 0.717) is 23.4 Å². The standard InChI is InChI=1S/C32H34N2O7S/c1-23(20-31(35)40-3)33(21-24-10-6-5-7-11-24)29-18-19-30(28-13-9-8-12-27(28)29)34(22-32(36)41-4)42(37,38)26-16-14-25(39-2)15-17-26/h5-19,23H,20-22H2,1-4H3/t23-/m0/s1. The third-order valence-corrected chi connectivity index (χ3v) is 8.80. The van der Waals surface area contributed by atoms with E-state index in [0.717, 1.165) is 20.9 Å². The third kappa shape index (κ3) is 6.66. The number of esters is 2. The van der Waals surface area contributed by atoms with Crippen molar-refractivity contribution in [3.8, 4) is 5.75 Å². The Kier molecular flexibility index (Phi) is 9.69. The fourth-order valence-corrected chi connectivity index (χ4v) is 6.21. The summed E-state index contributed by atoms with van der Waals surface area (Å²) in [5.74, 6) is -0.545. The van der Waals surface area contributed by atoms with E-state index in [-0.39, 0.29) is 23.3 Å². The molecule has 0 aromatic heterocycles. The Morgan fingerprint density at radius 2 is 1.31 bits per heavy atom. The smallest absolute Gasteiger partial charge is 0.326 e. The minimum Gasteiger partial charge on any atom is -0.497 e. The first-order valence-corrected chi connectivity index (χ1v) is 14.8. The molecule has 4 rings (SSSR count). The first-order chi connectivity index (χ1) is 20.2. The van der Waals surface area contributed by atoms with Gasteiger partial charge >= 0.3 is 11.9 Å². The number of benzene rings is 4. The van der Waals surface area contributed by atoms with Crippen LogP contribution < -0.4 is 13.9 Å². The van der Waals surface area contributed by atoms with Crippen LogP contribution in [0.5, 0.6) is 5.75 Å². The van der Waals surface area contributed by atoms with Crippen molar-refractivity contribution in [2.24, 2.45) is 0 Å². The van der Waals surface area contributed by atoms with E-state index >= 15 is 0 Å². The van der Waals surface area contributed by atoms with E-state index in [1.165, 1.54) is 33.5 Å². The molecule has 0 fully saturated rings. The average Bonchev–Trinajstić information content (AvgIpc) is 3.02. The molecule has 220 valence electrons. The van der Waals surface area contributed by atoms with Crippen molar-refractivity contribution in [3.63, 3.8) is 0 Å². The van der Waals surface area contributed by atoms with Gasteiger partial charge < -0.3 is 19.1 Å². The summed E-state index contributed by atoms with van der Waals surface area (Å²) in [7, 11) is -0.122. The molecule has 0 aliphatic rings. The number of carbonyl (C=O) groups is 2. The molecule has 0 radical (unpaired) electrons. The van der Waals surface area contributed by atoms with Crippen molar-refractivity contribution in [1.82, 2.24) is 0 Å². The largest absolute Gasteiger partial charge is 0.497 e. The molecular weight excluding hydrogens is 556 g/mol. The Balaban J connectivity index is 1.88. The predicted molar refractivity (Wildman–Crippen MR) is 162 cm³/mol. The van der Waals surface area contributed by atoms with Gasteiger partial charge in [-0.2, -0.15) is 0 Å². The topological polar surface area (TPSA) is 102 Å². The Labute approximate surface area is 246 Å². The summed E-state index contributed by atoms with van der Waals surface area (Å²) in [4.78, 5) is 26.9. The van der Waals surface area contributed by atoms with Crippen LogP contribution >= 0.6 is 0 Å². The molecule has 1 atom stereocenters. The molecule has 0 heterocycles. The monoisotopic (exact) mass is 590 g/mol. The maximum Gasteiger partial charge on any atom is 0.326 e. The zero-order valence-electron chi connectivity index (χ0n) is 24.0. The number of carbonyl (C=O) groups excluding carboxylic acids is 2. The number of hydrogen-bond donors (Lipinski definition) is 0. The summed E-state index contributed by atoms with van der Waals surface area (Å²) in [5.41, 5.74) is 2.15. The van der Waals surface area contributed by atoms with Crippen LogP contribution in [0.25, 0.3) is 10.8 Å². The van der Waals surface area contributed by atoms with Gasteiger partial charge in [-0.1, -0.05) is 54.6 Å². The highest BCUT2D eigenvalue weighted by molar-refractivity contribution is 7.92. The lowest BCUT2D eigenvalue weighted by molar-refractivity contribution is -0.141. The molecule has 0 saturated carbocycles. The maximum absolute atomic E-state index is 14.0. The number of nitrogens with zero attached hydrogens (tertiary/aromatic N) is 2. The molecule has 4 aromatic rings. The van der Waals surface area contributed by atoms with Crippen molar-refractivity contribution >= 4 is 44.1 Å². The Morgan fingerprint density at radius 3 is 1.90 bits per heavy atom. The van der Waals surface area contributed by atoms with E-state index in [4.69, 9.17) is 14.2 Å². The third-order valence-electron chi connectivity index (χ3n) is 7.02. The molecule has 0 bridgehead atoms. The Hall–Kier alpha value is -4.57. The zero-order chi connectivity index (χ0) is 30.3. The van der Waals surface area contributed by atoms with E-state index in [2.05, 4.69) is 4.90 Å². The van der Waals surface area contributed by atoms with Gasteiger partial charge in [0, 0.05) is 29.0 Å². The van der Waals surface area contributed by atoms with Crippen LogP contribution in [0.3, 0.4) is 0 Å². The van der Waals surface area contributed by atoms with Gasteiger partial charge in [-0.25, -0.2) is 8.42 Å². The SMILES string of the molecule is COC(=O)C[C@H](C)N(Cc1ccccc1)c1ccc(N(CC(=O)OC)S(=O)(=O)c2ccc(OC)cc2)c2ccccc12. The van der Waals surface area contributed by atoms with Crippen LogP contribution in [0.15, 0.2) is 95.9 Å². The number of rotatable bonds is 12. The maximum atomic E-state index is 14.0. The number of methoxy groups -OCH3 is 3. The van der Waals surface area contributed by atoms with Crippen LogP contribution in [0.1, 0.15) is 18.9 Å². The molecule has 0 aliphatic carbocycles. The summed E-state index contributed by atoms with van der Waals surface area (Å²) >= 11 is 0. The molecule has 42 heavy (non-hydrogen) atoms. The molecule has 0 amide bonds. The lowest BCUT2D eigenvalue weighted by Crippen LogP contribution is -2.37. The van der Waals surface area contributed by atoms with E-state index in [1.807, 2.05) is 67.6 Å². The molecule has 0 aliphatic heterocycles. The fraction of sp³-hybridized carbons (Fsp3) is 0.250. The van der Waals surface area contributed by atoms with Crippen LogP contribution in [0.2, 0.25) is 0 Å². The summed E-state index contributed by atoms with van der Waals surface area (Å²) in [5, 5.41) is 1.36. The van der Waals surface area contributed by atoms with Gasteiger partial charge in [-0.3, -0.25) is 13.9 Å². The number of anilines is 2. The molecule has 0 saturated heterocycles. The normalized spacial score (nSPS) is 11.9. The number of hydrogen-bond acceptors (Lipinski definition) is 8. The summed E-state index contributed by atoms with van der Waals surface area (Å²) in [6, 6.07) is 26.5. The first-order valence-electron chi connectivity index (χ1n) is 13.3. The second-order valence-electron chi connectivity index (χ2n) is 9.66. The van der Waals surface area contributed by atoms with Crippen molar-refractivity contribution in [2.75, 3.05) is 37.1 Å². The molecular formula is C32H34N2O7S. The number of sulfonamides is 1. The molecule has 0 unspecified atom stereocenters. The van der Waals surface area contributed by atoms with Crippen LogP contribution in [-0.4, -0.2) is 54.3 Å². The van der Waals surface area contributed by atoms with Crippen LogP contribution in [0.4, 0.5) is 11.4 Å². The van der Waals surface area contributed by atoms with Gasteiger partial charge in [0.2, 0.25) is 0 Å². The minimum atomic E-state index is -4.19. The van der Waals surface area contributed by atoms with Gasteiger partial charge in [0.15, 0.2) is 0 Å². The Morgan fingerprint density at radius 1 is 0.738 bits per heavy atom. The van der Waals surface area contributed by atoms with Crippen molar-refractivity contribution in [3.05, 3.63) is 96.6 Å². The Bertz CT molecular complexity index is 1640. The molecule has 0 spiro atoms. The summed E-state index contributed by atoms with van der Waals surface area (Å²) in [6.45, 7) is 1.92. The fourth-order valence-electron chi connectivity index (χ4n) is 4.78. The molecule has 4 aromatic carbocycles. The van der Waals surface area contributed by atoms with E-state index in [1.54, 1.807) is 18.2 Å². The average molecular weight is 591 g/mol. The van der Waals surface area contributed by atoms with Crippen LogP contribution in [-0.2, 0) is 35.6 Å². The molecule has 0 N–H and O–H groups in total. The highest BCUT2D eigenvalue weighted by Gasteiger charge is 2.30. The summed E-state index contributed by atoms with van der Waals surface area (Å²) < 4.78 is 44.0. The van der Waals surface area contributed by atoms with Crippen molar-refractivity contribution < 1.29 is 32.2 Å². The van der Waals surface area contributed by atoms with E-state index < -0.39 is 22.5 Å². The minimum absolute atomic E-state index is 0.00207. The first kappa shape index (κ1) is 30.4. The van der Waals surface area contributed by atoms with Crippen LogP contribution in [0, 0.1) is 0 Å². The quantitative estimate of drug-likeness (QED) is 0.208. The number of ether oxygens (including phenoxy) is 3. The summed E-state index contributed by atoms with van der Waals surface area (Å²) in [6.07, 6.45) is 0.153. The van der Waals surface area contributed by atoms with Crippen molar-refractivity contribution in [1.29, 1.82) is 0 Å². The molecule has 10 heteroatoms. The van der Waals surface area contributed by atoms with Crippen molar-refractivity contribution in [2.45, 2.75) is 30.8 Å². The van der Waals surface area contributed by atoms with E-state index in [9.17, 15) is 18.0 Å².